The highest BCUT2D eigenvalue weighted by Gasteiger charge is 2.53. The van der Waals surface area contributed by atoms with E-state index in [2.05, 4.69) is 163 Å². The normalized spacial score (nSPS) is 13.5. The average Bonchev–Trinajstić information content (AvgIpc) is 3.74. The Morgan fingerprint density at radius 3 is 1.62 bits per heavy atom. The highest BCUT2D eigenvalue weighted by Crippen LogP contribution is 2.65. The van der Waals surface area contributed by atoms with E-state index in [0.717, 1.165) is 39.0 Å². The van der Waals surface area contributed by atoms with Crippen LogP contribution < -0.4 is 4.90 Å². The molecule has 210 valence electrons. The Bertz CT molecular complexity index is 2390. The molecular weight excluding hydrogens is 546 g/mol. The van der Waals surface area contributed by atoms with Crippen molar-refractivity contribution in [2.45, 2.75) is 5.41 Å². The molecule has 1 aromatic heterocycles. The van der Waals surface area contributed by atoms with Crippen molar-refractivity contribution < 1.29 is 4.42 Å². The number of para-hydroxylation sites is 3. The van der Waals surface area contributed by atoms with E-state index in [9.17, 15) is 0 Å². The van der Waals surface area contributed by atoms with Gasteiger partial charge in [0.05, 0.1) is 16.8 Å². The minimum Gasteiger partial charge on any atom is -0.454 e. The van der Waals surface area contributed by atoms with Crippen LogP contribution in [-0.2, 0) is 5.41 Å². The fourth-order valence-corrected chi connectivity index (χ4v) is 8.21. The molecule has 10 rings (SSSR count). The lowest BCUT2D eigenvalue weighted by Crippen LogP contribution is -2.28. The fraction of sp³-hybridized carbons (Fsp3) is 0.0233. The molecule has 0 aliphatic heterocycles. The largest absolute Gasteiger partial charge is 0.454 e. The van der Waals surface area contributed by atoms with Crippen LogP contribution >= 0.6 is 0 Å². The van der Waals surface area contributed by atoms with Crippen molar-refractivity contribution in [1.82, 2.24) is 0 Å². The molecule has 0 saturated carbocycles. The zero-order valence-corrected chi connectivity index (χ0v) is 24.4. The lowest BCUT2D eigenvalue weighted by Gasteiger charge is -2.35. The molecule has 0 unspecified atom stereocenters. The Labute approximate surface area is 261 Å². The van der Waals surface area contributed by atoms with Crippen LogP contribution in [0.25, 0.3) is 44.2 Å². The van der Waals surface area contributed by atoms with Crippen molar-refractivity contribution in [3.8, 4) is 22.3 Å². The van der Waals surface area contributed by atoms with Gasteiger partial charge in [-0.1, -0.05) is 133 Å². The molecule has 0 saturated heterocycles. The molecule has 2 aliphatic carbocycles. The number of anilines is 3. The molecule has 0 bridgehead atoms. The Hall–Kier alpha value is -5.86. The fourth-order valence-electron chi connectivity index (χ4n) is 8.21. The van der Waals surface area contributed by atoms with Crippen molar-refractivity contribution >= 4 is 39.0 Å². The SMILES string of the molecule is c1ccc(N(c2cccc3c2C2(c4ccccc4-c4ccccc42)c2ccccc2-3)c2cccc3c2oc2ccccc23)cc1. The first-order valence-electron chi connectivity index (χ1n) is 15.5. The second-order valence-corrected chi connectivity index (χ2v) is 12.0. The minimum absolute atomic E-state index is 0.468. The molecule has 1 heterocycles. The van der Waals surface area contributed by atoms with Gasteiger partial charge >= 0.3 is 0 Å². The summed E-state index contributed by atoms with van der Waals surface area (Å²) in [6, 6.07) is 59.4. The minimum atomic E-state index is -0.468. The maximum absolute atomic E-state index is 6.68. The molecule has 2 heteroatoms. The predicted octanol–water partition coefficient (Wildman–Crippen LogP) is 11.4. The van der Waals surface area contributed by atoms with Gasteiger partial charge in [0.2, 0.25) is 0 Å². The van der Waals surface area contributed by atoms with Crippen molar-refractivity contribution in [3.05, 3.63) is 186 Å². The van der Waals surface area contributed by atoms with Gasteiger partial charge in [0, 0.05) is 22.0 Å². The van der Waals surface area contributed by atoms with Gasteiger partial charge in [0.1, 0.15) is 5.58 Å². The van der Waals surface area contributed by atoms with Crippen molar-refractivity contribution in [3.63, 3.8) is 0 Å². The third-order valence-corrected chi connectivity index (χ3v) is 9.87. The van der Waals surface area contributed by atoms with Crippen molar-refractivity contribution in [2.24, 2.45) is 0 Å². The van der Waals surface area contributed by atoms with Gasteiger partial charge in [-0.05, 0) is 69.3 Å². The molecule has 1 spiro atoms. The zero-order valence-electron chi connectivity index (χ0n) is 24.4. The summed E-state index contributed by atoms with van der Waals surface area (Å²) in [6.07, 6.45) is 0. The lowest BCUT2D eigenvalue weighted by atomic mass is 9.70. The highest BCUT2D eigenvalue weighted by molar-refractivity contribution is 6.11. The first kappa shape index (κ1) is 24.6. The summed E-state index contributed by atoms with van der Waals surface area (Å²) in [5, 5.41) is 2.24. The van der Waals surface area contributed by atoms with E-state index in [4.69, 9.17) is 4.42 Å². The number of hydrogen-bond donors (Lipinski definition) is 0. The highest BCUT2D eigenvalue weighted by atomic mass is 16.3. The first-order valence-corrected chi connectivity index (χ1v) is 15.5. The summed E-state index contributed by atoms with van der Waals surface area (Å²) in [7, 11) is 0. The van der Waals surface area contributed by atoms with E-state index in [1.165, 1.54) is 44.5 Å². The molecule has 0 N–H and O–H groups in total. The molecule has 7 aromatic carbocycles. The van der Waals surface area contributed by atoms with Crippen molar-refractivity contribution in [1.29, 1.82) is 0 Å². The Morgan fingerprint density at radius 1 is 0.400 bits per heavy atom. The van der Waals surface area contributed by atoms with Crippen molar-refractivity contribution in [2.75, 3.05) is 4.90 Å². The maximum Gasteiger partial charge on any atom is 0.159 e. The molecular formula is C43H27NO. The summed E-state index contributed by atoms with van der Waals surface area (Å²) >= 11 is 0. The summed E-state index contributed by atoms with van der Waals surface area (Å²) < 4.78 is 6.68. The van der Waals surface area contributed by atoms with Gasteiger partial charge in [-0.15, -0.1) is 0 Å². The number of rotatable bonds is 3. The monoisotopic (exact) mass is 573 g/mol. The number of fused-ring (bicyclic) bond motifs is 13. The molecule has 8 aromatic rings. The molecule has 2 aliphatic rings. The van der Waals surface area contributed by atoms with Crippen LogP contribution in [0.3, 0.4) is 0 Å². The molecule has 45 heavy (non-hydrogen) atoms. The van der Waals surface area contributed by atoms with E-state index in [1.54, 1.807) is 0 Å². The van der Waals surface area contributed by atoms with Gasteiger partial charge in [0.25, 0.3) is 0 Å². The quantitative estimate of drug-likeness (QED) is 0.209. The second-order valence-electron chi connectivity index (χ2n) is 12.0. The van der Waals surface area contributed by atoms with E-state index < -0.39 is 5.41 Å². The van der Waals surface area contributed by atoms with Crippen LogP contribution in [0, 0.1) is 0 Å². The average molecular weight is 574 g/mol. The van der Waals surface area contributed by atoms with Crippen LogP contribution in [0.1, 0.15) is 22.3 Å². The van der Waals surface area contributed by atoms with Gasteiger partial charge in [0.15, 0.2) is 5.58 Å². The number of hydrogen-bond acceptors (Lipinski definition) is 2. The van der Waals surface area contributed by atoms with Crippen LogP contribution in [-0.4, -0.2) is 0 Å². The first-order chi connectivity index (χ1) is 22.4. The van der Waals surface area contributed by atoms with E-state index in [0.29, 0.717) is 0 Å². The van der Waals surface area contributed by atoms with Crippen LogP contribution in [0.5, 0.6) is 0 Å². The molecule has 0 fully saturated rings. The zero-order chi connectivity index (χ0) is 29.5. The summed E-state index contributed by atoms with van der Waals surface area (Å²) in [5.74, 6) is 0. The smallest absolute Gasteiger partial charge is 0.159 e. The standard InChI is InChI=1S/C43H27NO/c1-2-14-28(15-3-1)44(39-26-13-21-34-32-19-7-11-27-40(32)45-42(34)39)38-25-12-20-33-31-18-6-10-24-37(31)43(41(33)38)35-22-8-4-16-29(35)30-17-5-9-23-36(30)43/h1-27H. The number of nitrogens with zero attached hydrogens (tertiary/aromatic N) is 1. The topological polar surface area (TPSA) is 16.4 Å². The van der Waals surface area contributed by atoms with Crippen LogP contribution in [0.4, 0.5) is 17.1 Å². The Balaban J connectivity index is 1.36. The summed E-state index contributed by atoms with van der Waals surface area (Å²) in [4.78, 5) is 2.42. The number of furan rings is 1. The van der Waals surface area contributed by atoms with Gasteiger partial charge in [-0.2, -0.15) is 0 Å². The van der Waals surface area contributed by atoms with Crippen LogP contribution in [0.15, 0.2) is 168 Å². The van der Waals surface area contributed by atoms with E-state index >= 15 is 0 Å². The summed E-state index contributed by atoms with van der Waals surface area (Å²) in [5.41, 5.74) is 15.0. The van der Waals surface area contributed by atoms with Gasteiger partial charge in [-0.25, -0.2) is 0 Å². The lowest BCUT2D eigenvalue weighted by molar-refractivity contribution is 0.669. The number of benzene rings is 7. The van der Waals surface area contributed by atoms with E-state index in [1.807, 2.05) is 6.07 Å². The summed E-state index contributed by atoms with van der Waals surface area (Å²) in [6.45, 7) is 0. The molecule has 0 radical (unpaired) electrons. The third kappa shape index (κ3) is 3.13. The van der Waals surface area contributed by atoms with Gasteiger partial charge < -0.3 is 9.32 Å². The second kappa shape index (κ2) is 9.07. The van der Waals surface area contributed by atoms with Gasteiger partial charge in [-0.3, -0.25) is 0 Å². The molecule has 2 nitrogen and oxygen atoms in total. The third-order valence-electron chi connectivity index (χ3n) is 9.87. The Kier molecular flexibility index (Phi) is 4.95. The van der Waals surface area contributed by atoms with Crippen LogP contribution in [0.2, 0.25) is 0 Å². The maximum atomic E-state index is 6.68. The van der Waals surface area contributed by atoms with E-state index in [-0.39, 0.29) is 0 Å². The Morgan fingerprint density at radius 2 is 0.911 bits per heavy atom. The predicted molar refractivity (Wildman–Crippen MR) is 185 cm³/mol. The molecule has 0 atom stereocenters. The molecule has 0 amide bonds.